The highest BCUT2D eigenvalue weighted by atomic mass is 14.9. The fourth-order valence-corrected chi connectivity index (χ4v) is 2.00. The van der Waals surface area contributed by atoms with E-state index < -0.39 is 0 Å². The summed E-state index contributed by atoms with van der Waals surface area (Å²) in [5.74, 6) is 0. The molecule has 0 aliphatic rings. The third kappa shape index (κ3) is 4.48. The summed E-state index contributed by atoms with van der Waals surface area (Å²) in [6.07, 6.45) is 2.69. The molecule has 2 rings (SSSR count). The Morgan fingerprint density at radius 1 is 0.895 bits per heavy atom. The number of anilines is 1. The van der Waals surface area contributed by atoms with Crippen molar-refractivity contribution in [1.29, 1.82) is 5.26 Å². The molecule has 0 radical (unpaired) electrons. The Kier molecular flexibility index (Phi) is 5.01. The van der Waals surface area contributed by atoms with Crippen molar-refractivity contribution in [3.05, 3.63) is 65.7 Å². The number of hydrogen-bond acceptors (Lipinski definition) is 2. The molecule has 2 aromatic carbocycles. The van der Waals surface area contributed by atoms with Crippen molar-refractivity contribution in [2.75, 3.05) is 11.9 Å². The van der Waals surface area contributed by atoms with Gasteiger partial charge >= 0.3 is 0 Å². The van der Waals surface area contributed by atoms with Gasteiger partial charge in [0, 0.05) is 12.2 Å². The fraction of sp³-hybridized carbons (Fsp3) is 0.235. The minimum Gasteiger partial charge on any atom is -0.385 e. The molecule has 0 aliphatic heterocycles. The Morgan fingerprint density at radius 3 is 2.32 bits per heavy atom. The van der Waals surface area contributed by atoms with Crippen LogP contribution < -0.4 is 5.32 Å². The second-order valence-electron chi connectivity index (χ2n) is 4.55. The Labute approximate surface area is 114 Å². The molecule has 2 aromatic rings. The highest BCUT2D eigenvalue weighted by molar-refractivity contribution is 5.44. The van der Waals surface area contributed by atoms with Crippen molar-refractivity contribution in [2.24, 2.45) is 0 Å². The van der Waals surface area contributed by atoms with Crippen molar-refractivity contribution in [3.8, 4) is 6.07 Å². The normalized spacial score (nSPS) is 9.84. The van der Waals surface area contributed by atoms with Gasteiger partial charge in [-0.2, -0.15) is 5.26 Å². The van der Waals surface area contributed by atoms with Crippen LogP contribution in [0.25, 0.3) is 0 Å². The summed E-state index contributed by atoms with van der Waals surface area (Å²) in [6.45, 7) is 0.965. The lowest BCUT2D eigenvalue weighted by molar-refractivity contribution is 0.863. The molecule has 2 heteroatoms. The first-order valence-electron chi connectivity index (χ1n) is 6.62. The van der Waals surface area contributed by atoms with Crippen molar-refractivity contribution in [1.82, 2.24) is 0 Å². The van der Waals surface area contributed by atoms with Gasteiger partial charge in [0.25, 0.3) is 0 Å². The van der Waals surface area contributed by atoms with Crippen LogP contribution in [0.5, 0.6) is 0 Å². The standard InChI is InChI=1S/C17H18N2/c18-13-12-16-8-10-17(11-9-16)19-14-4-7-15-5-2-1-3-6-15/h1-3,5-6,8-11,19H,4,7,12,14H2. The third-order valence-electron chi connectivity index (χ3n) is 3.05. The van der Waals surface area contributed by atoms with Crippen molar-refractivity contribution < 1.29 is 0 Å². The molecule has 0 bridgehead atoms. The van der Waals surface area contributed by atoms with E-state index in [0.29, 0.717) is 6.42 Å². The third-order valence-corrected chi connectivity index (χ3v) is 3.05. The molecule has 0 amide bonds. The van der Waals surface area contributed by atoms with E-state index in [4.69, 9.17) is 5.26 Å². The summed E-state index contributed by atoms with van der Waals surface area (Å²) < 4.78 is 0. The second-order valence-corrected chi connectivity index (χ2v) is 4.55. The predicted octanol–water partition coefficient (Wildman–Crippen LogP) is 3.80. The Morgan fingerprint density at radius 2 is 1.63 bits per heavy atom. The number of nitrogens with zero attached hydrogens (tertiary/aromatic N) is 1. The lowest BCUT2D eigenvalue weighted by Gasteiger charge is -2.07. The molecule has 0 heterocycles. The molecule has 0 aliphatic carbocycles. The lowest BCUT2D eigenvalue weighted by Crippen LogP contribution is -2.02. The first-order valence-corrected chi connectivity index (χ1v) is 6.62. The number of rotatable bonds is 6. The highest BCUT2D eigenvalue weighted by Gasteiger charge is 1.95. The number of nitrogens with one attached hydrogen (secondary N) is 1. The topological polar surface area (TPSA) is 35.8 Å². The van der Waals surface area contributed by atoms with Crippen molar-refractivity contribution >= 4 is 5.69 Å². The van der Waals surface area contributed by atoms with Crippen molar-refractivity contribution in [3.63, 3.8) is 0 Å². The molecule has 0 fully saturated rings. The minimum absolute atomic E-state index is 0.480. The smallest absolute Gasteiger partial charge is 0.0669 e. The lowest BCUT2D eigenvalue weighted by atomic mass is 10.1. The van der Waals surface area contributed by atoms with Crippen LogP contribution in [0.3, 0.4) is 0 Å². The van der Waals surface area contributed by atoms with Gasteiger partial charge in [0.2, 0.25) is 0 Å². The van der Waals surface area contributed by atoms with Gasteiger partial charge in [0.15, 0.2) is 0 Å². The van der Waals surface area contributed by atoms with Crippen LogP contribution in [0.1, 0.15) is 17.5 Å². The van der Waals surface area contributed by atoms with Gasteiger partial charge in [-0.3, -0.25) is 0 Å². The fourth-order valence-electron chi connectivity index (χ4n) is 2.00. The molecule has 0 saturated carbocycles. The maximum absolute atomic E-state index is 8.60. The van der Waals surface area contributed by atoms with E-state index in [1.165, 1.54) is 5.56 Å². The summed E-state index contributed by atoms with van der Waals surface area (Å²) >= 11 is 0. The molecule has 0 atom stereocenters. The van der Waals surface area contributed by atoms with E-state index in [2.05, 4.69) is 35.7 Å². The first kappa shape index (κ1) is 13.2. The number of nitriles is 1. The van der Waals surface area contributed by atoms with E-state index in [9.17, 15) is 0 Å². The Bertz CT molecular complexity index is 523. The van der Waals surface area contributed by atoms with Gasteiger partial charge in [-0.05, 0) is 36.1 Å². The summed E-state index contributed by atoms with van der Waals surface area (Å²) in [5.41, 5.74) is 3.57. The maximum atomic E-state index is 8.60. The average Bonchev–Trinajstić information content (AvgIpc) is 2.47. The second kappa shape index (κ2) is 7.23. The first-order chi connectivity index (χ1) is 9.38. The van der Waals surface area contributed by atoms with E-state index >= 15 is 0 Å². The Balaban J connectivity index is 1.72. The monoisotopic (exact) mass is 250 g/mol. The van der Waals surface area contributed by atoms with Crippen LogP contribution in [-0.2, 0) is 12.8 Å². The zero-order chi connectivity index (χ0) is 13.3. The molecule has 1 N–H and O–H groups in total. The zero-order valence-corrected chi connectivity index (χ0v) is 11.0. The molecule has 0 unspecified atom stereocenters. The molecular weight excluding hydrogens is 232 g/mol. The van der Waals surface area contributed by atoms with Gasteiger partial charge in [-0.25, -0.2) is 0 Å². The highest BCUT2D eigenvalue weighted by Crippen LogP contribution is 2.10. The molecule has 0 aromatic heterocycles. The zero-order valence-electron chi connectivity index (χ0n) is 11.0. The Hall–Kier alpha value is -2.27. The van der Waals surface area contributed by atoms with Crippen LogP contribution in [0.15, 0.2) is 54.6 Å². The molecule has 19 heavy (non-hydrogen) atoms. The average molecular weight is 250 g/mol. The van der Waals surface area contributed by atoms with Crippen LogP contribution in [-0.4, -0.2) is 6.54 Å². The van der Waals surface area contributed by atoms with E-state index in [-0.39, 0.29) is 0 Å². The number of aryl methyl sites for hydroxylation is 1. The van der Waals surface area contributed by atoms with Gasteiger partial charge in [-0.15, -0.1) is 0 Å². The summed E-state index contributed by atoms with van der Waals surface area (Å²) in [4.78, 5) is 0. The quantitative estimate of drug-likeness (QED) is 0.792. The number of hydrogen-bond donors (Lipinski definition) is 1. The molecule has 2 nitrogen and oxygen atoms in total. The molecule has 0 spiro atoms. The van der Waals surface area contributed by atoms with Gasteiger partial charge in [0.1, 0.15) is 0 Å². The van der Waals surface area contributed by atoms with Gasteiger partial charge in [0.05, 0.1) is 12.5 Å². The molecular formula is C17H18N2. The minimum atomic E-state index is 0.480. The molecule has 96 valence electrons. The summed E-state index contributed by atoms with van der Waals surface area (Å²) in [6, 6.07) is 20.8. The van der Waals surface area contributed by atoms with Crippen molar-refractivity contribution in [2.45, 2.75) is 19.3 Å². The SMILES string of the molecule is N#CCc1ccc(NCCCc2ccccc2)cc1. The predicted molar refractivity (Wildman–Crippen MR) is 79.0 cm³/mol. The summed E-state index contributed by atoms with van der Waals surface area (Å²) in [5, 5.41) is 12.0. The van der Waals surface area contributed by atoms with Gasteiger partial charge < -0.3 is 5.32 Å². The van der Waals surface area contributed by atoms with E-state index in [1.54, 1.807) is 0 Å². The maximum Gasteiger partial charge on any atom is 0.0669 e. The van der Waals surface area contributed by atoms with Crippen LogP contribution in [0.4, 0.5) is 5.69 Å². The van der Waals surface area contributed by atoms with E-state index in [0.717, 1.165) is 30.6 Å². The van der Waals surface area contributed by atoms with Crippen LogP contribution >= 0.6 is 0 Å². The van der Waals surface area contributed by atoms with Crippen LogP contribution in [0.2, 0.25) is 0 Å². The largest absolute Gasteiger partial charge is 0.385 e. The van der Waals surface area contributed by atoms with Gasteiger partial charge in [-0.1, -0.05) is 42.5 Å². The van der Waals surface area contributed by atoms with E-state index in [1.807, 2.05) is 30.3 Å². The summed E-state index contributed by atoms with van der Waals surface area (Å²) in [7, 11) is 0. The number of benzene rings is 2. The van der Waals surface area contributed by atoms with Crippen LogP contribution in [0, 0.1) is 11.3 Å². The molecule has 0 saturated heterocycles.